The van der Waals surface area contributed by atoms with Crippen LogP contribution in [0.5, 0.6) is 0 Å². The second-order valence-corrected chi connectivity index (χ2v) is 11.3. The van der Waals surface area contributed by atoms with Crippen LogP contribution in [0.2, 0.25) is 0 Å². The molecule has 0 amide bonds. The molecule has 0 unspecified atom stereocenters. The summed E-state index contributed by atoms with van der Waals surface area (Å²) in [5, 5.41) is 12.5. The lowest BCUT2D eigenvalue weighted by Gasteiger charge is -2.42. The molecule has 0 saturated heterocycles. The van der Waals surface area contributed by atoms with E-state index in [9.17, 15) is 9.42 Å². The Labute approximate surface area is 172 Å². The first kappa shape index (κ1) is 22.8. The lowest BCUT2D eigenvalue weighted by molar-refractivity contribution is -0.170. The van der Waals surface area contributed by atoms with Crippen molar-refractivity contribution in [2.75, 3.05) is 0 Å². The van der Waals surface area contributed by atoms with E-state index in [1.165, 1.54) is 5.06 Å². The van der Waals surface area contributed by atoms with Gasteiger partial charge in [0.15, 0.2) is 0 Å². The third-order valence-corrected chi connectivity index (χ3v) is 6.24. The zero-order valence-corrected chi connectivity index (χ0v) is 18.7. The Morgan fingerprint density at radius 3 is 1.89 bits per heavy atom. The maximum absolute atomic E-state index is 13.0. The standard InChI is InChI=1S/C23H34N2O2S/c1-22(2,3)21(25(26)17-18-13-9-7-10-14-18)20(19-15-11-8-12-16-19)24-28(27)23(4,5)6/h7-16,20-21,24,26H,17H2,1-6H3/t20-,21+,28-/m1/s1. The maximum Gasteiger partial charge on any atom is 0.0976 e. The van der Waals surface area contributed by atoms with Gasteiger partial charge in [0.1, 0.15) is 0 Å². The molecule has 0 aromatic heterocycles. The topological polar surface area (TPSA) is 52.6 Å². The minimum absolute atomic E-state index is 0.265. The Morgan fingerprint density at radius 1 is 0.929 bits per heavy atom. The molecule has 0 spiro atoms. The van der Waals surface area contributed by atoms with E-state index in [4.69, 9.17) is 0 Å². The summed E-state index contributed by atoms with van der Waals surface area (Å²) in [6.45, 7) is 12.5. The molecule has 0 radical (unpaired) electrons. The highest BCUT2D eigenvalue weighted by molar-refractivity contribution is 7.84. The molecule has 28 heavy (non-hydrogen) atoms. The number of nitrogens with one attached hydrogen (secondary N) is 1. The molecule has 2 N–H and O–H groups in total. The highest BCUT2D eigenvalue weighted by Gasteiger charge is 2.39. The van der Waals surface area contributed by atoms with Gasteiger partial charge in [-0.05, 0) is 37.3 Å². The Morgan fingerprint density at radius 2 is 1.43 bits per heavy atom. The second-order valence-electron chi connectivity index (χ2n) is 9.28. The number of hydrogen-bond acceptors (Lipinski definition) is 3. The van der Waals surface area contributed by atoms with Gasteiger partial charge >= 0.3 is 0 Å². The van der Waals surface area contributed by atoms with Crippen molar-refractivity contribution in [2.24, 2.45) is 5.41 Å². The molecule has 4 nitrogen and oxygen atoms in total. The van der Waals surface area contributed by atoms with Crippen molar-refractivity contribution < 1.29 is 9.42 Å². The van der Waals surface area contributed by atoms with E-state index in [2.05, 4.69) is 25.5 Å². The first-order valence-electron chi connectivity index (χ1n) is 9.72. The molecule has 2 rings (SSSR count). The summed E-state index contributed by atoms with van der Waals surface area (Å²) in [6.07, 6.45) is 0. The average molecular weight is 403 g/mol. The van der Waals surface area contributed by atoms with Crippen molar-refractivity contribution in [3.8, 4) is 0 Å². The van der Waals surface area contributed by atoms with Crippen molar-refractivity contribution in [3.63, 3.8) is 0 Å². The average Bonchev–Trinajstić information content (AvgIpc) is 2.60. The van der Waals surface area contributed by atoms with Crippen LogP contribution >= 0.6 is 0 Å². The molecule has 5 heteroatoms. The van der Waals surface area contributed by atoms with E-state index >= 15 is 0 Å². The Bertz CT molecular complexity index is 752. The van der Waals surface area contributed by atoms with Crippen molar-refractivity contribution in [3.05, 3.63) is 71.8 Å². The number of nitrogens with zero attached hydrogens (tertiary/aromatic N) is 1. The third-order valence-electron chi connectivity index (χ3n) is 4.66. The second kappa shape index (κ2) is 9.31. The van der Waals surface area contributed by atoms with Crippen LogP contribution in [0.3, 0.4) is 0 Å². The van der Waals surface area contributed by atoms with Gasteiger partial charge in [-0.15, -0.1) is 0 Å². The predicted octanol–water partition coefficient (Wildman–Crippen LogP) is 5.09. The van der Waals surface area contributed by atoms with E-state index in [0.29, 0.717) is 6.54 Å². The van der Waals surface area contributed by atoms with Crippen LogP contribution in [-0.2, 0) is 17.5 Å². The fourth-order valence-electron chi connectivity index (χ4n) is 3.26. The zero-order chi connectivity index (χ0) is 20.9. The van der Waals surface area contributed by atoms with Crippen molar-refractivity contribution in [2.45, 2.75) is 64.9 Å². The lowest BCUT2D eigenvalue weighted by atomic mass is 9.79. The largest absolute Gasteiger partial charge is 0.313 e. The minimum atomic E-state index is -1.27. The van der Waals surface area contributed by atoms with Gasteiger partial charge in [-0.2, -0.15) is 5.06 Å². The molecule has 2 aromatic rings. The van der Waals surface area contributed by atoms with Crippen LogP contribution in [0.4, 0.5) is 0 Å². The molecule has 0 aliphatic carbocycles. The van der Waals surface area contributed by atoms with Gasteiger partial charge in [0.25, 0.3) is 0 Å². The van der Waals surface area contributed by atoms with Crippen LogP contribution in [0.1, 0.15) is 58.7 Å². The molecular formula is C23H34N2O2S. The monoisotopic (exact) mass is 402 g/mol. The van der Waals surface area contributed by atoms with Crippen molar-refractivity contribution in [1.82, 2.24) is 9.79 Å². The van der Waals surface area contributed by atoms with Crippen LogP contribution in [-0.4, -0.2) is 25.3 Å². The summed E-state index contributed by atoms with van der Waals surface area (Å²) in [6, 6.07) is 19.3. The highest BCUT2D eigenvalue weighted by atomic mass is 32.2. The minimum Gasteiger partial charge on any atom is -0.313 e. The van der Waals surface area contributed by atoms with E-state index in [1.54, 1.807) is 0 Å². The van der Waals surface area contributed by atoms with Gasteiger partial charge in [0.05, 0.1) is 27.8 Å². The third kappa shape index (κ3) is 6.24. The van der Waals surface area contributed by atoms with Crippen LogP contribution in [0.15, 0.2) is 60.7 Å². The van der Waals surface area contributed by atoms with E-state index < -0.39 is 15.7 Å². The lowest BCUT2D eigenvalue weighted by Crippen LogP contribution is -2.52. The fraction of sp³-hybridized carbons (Fsp3) is 0.478. The number of benzene rings is 2. The van der Waals surface area contributed by atoms with Gasteiger partial charge in [0, 0.05) is 6.54 Å². The van der Waals surface area contributed by atoms with E-state index in [-0.39, 0.29) is 17.5 Å². The molecule has 0 aliphatic heterocycles. The molecule has 0 heterocycles. The van der Waals surface area contributed by atoms with Gasteiger partial charge < -0.3 is 5.21 Å². The van der Waals surface area contributed by atoms with Crippen molar-refractivity contribution in [1.29, 1.82) is 0 Å². The Hall–Kier alpha value is -1.53. The van der Waals surface area contributed by atoms with Gasteiger partial charge in [-0.1, -0.05) is 81.4 Å². The summed E-state index contributed by atoms with van der Waals surface area (Å²) >= 11 is 0. The van der Waals surface area contributed by atoms with E-state index in [0.717, 1.165) is 11.1 Å². The summed E-state index contributed by atoms with van der Waals surface area (Å²) in [5.74, 6) is 0. The van der Waals surface area contributed by atoms with Crippen LogP contribution in [0, 0.1) is 5.41 Å². The number of hydroxylamine groups is 2. The Balaban J connectivity index is 2.42. The fourth-order valence-corrected chi connectivity index (χ4v) is 4.10. The Kier molecular flexibility index (Phi) is 7.57. The predicted molar refractivity (Wildman–Crippen MR) is 117 cm³/mol. The molecule has 0 bridgehead atoms. The quantitative estimate of drug-likeness (QED) is 0.635. The smallest absolute Gasteiger partial charge is 0.0976 e. The maximum atomic E-state index is 13.0. The molecule has 0 fully saturated rings. The molecule has 0 saturated carbocycles. The summed E-state index contributed by atoms with van der Waals surface area (Å²) in [7, 11) is -1.27. The molecule has 2 aromatic carbocycles. The molecule has 3 atom stereocenters. The molecule has 0 aliphatic rings. The van der Waals surface area contributed by atoms with Gasteiger partial charge in [0.2, 0.25) is 0 Å². The SMILES string of the molecule is CC(C)(C)[C@H]([C@H](N[S@](=O)C(C)(C)C)c1ccccc1)N(O)Cc1ccccc1. The van der Waals surface area contributed by atoms with Gasteiger partial charge in [-0.25, -0.2) is 8.93 Å². The summed E-state index contributed by atoms with van der Waals surface area (Å²) in [5.41, 5.74) is 1.77. The van der Waals surface area contributed by atoms with Crippen LogP contribution in [0.25, 0.3) is 0 Å². The molecular weight excluding hydrogens is 368 g/mol. The normalized spacial score (nSPS) is 16.0. The van der Waals surface area contributed by atoms with E-state index in [1.807, 2.05) is 81.4 Å². The summed E-state index contributed by atoms with van der Waals surface area (Å²) < 4.78 is 15.9. The number of rotatable bonds is 7. The zero-order valence-electron chi connectivity index (χ0n) is 17.8. The highest BCUT2D eigenvalue weighted by Crippen LogP contribution is 2.35. The molecule has 154 valence electrons. The van der Waals surface area contributed by atoms with Crippen molar-refractivity contribution >= 4 is 11.0 Å². The first-order chi connectivity index (χ1) is 13.0. The van der Waals surface area contributed by atoms with Crippen LogP contribution < -0.4 is 4.72 Å². The first-order valence-corrected chi connectivity index (χ1v) is 10.9. The number of hydrogen-bond donors (Lipinski definition) is 2. The van der Waals surface area contributed by atoms with Gasteiger partial charge in [-0.3, -0.25) is 0 Å². The summed E-state index contributed by atoms with van der Waals surface area (Å²) in [4.78, 5) is 0.